The van der Waals surface area contributed by atoms with Crippen molar-refractivity contribution in [2.24, 2.45) is 11.8 Å². The second kappa shape index (κ2) is 6.27. The van der Waals surface area contributed by atoms with Crippen molar-refractivity contribution >= 4 is 5.78 Å². The van der Waals surface area contributed by atoms with Gasteiger partial charge in [-0.05, 0) is 51.0 Å². The van der Waals surface area contributed by atoms with Crippen LogP contribution in [0.1, 0.15) is 67.7 Å². The van der Waals surface area contributed by atoms with Gasteiger partial charge in [0.15, 0.2) is 5.78 Å². The van der Waals surface area contributed by atoms with Crippen molar-refractivity contribution in [3.05, 3.63) is 23.0 Å². The fourth-order valence-corrected chi connectivity index (χ4v) is 3.04. The second-order valence-electron chi connectivity index (χ2n) is 5.69. The smallest absolute Gasteiger partial charge is 0.167 e. The first-order valence-corrected chi connectivity index (χ1v) is 7.53. The maximum absolute atomic E-state index is 12.7. The van der Waals surface area contributed by atoms with Gasteiger partial charge in [0.25, 0.3) is 0 Å². The molecule has 1 aliphatic rings. The van der Waals surface area contributed by atoms with Gasteiger partial charge in [-0.15, -0.1) is 0 Å². The number of aromatic nitrogens is 2. The molecule has 0 atom stereocenters. The molecule has 1 heterocycles. The number of aryl methyl sites for hydroxylation is 2. The molecule has 2 rings (SSSR count). The minimum atomic E-state index is 0.205. The van der Waals surface area contributed by atoms with Gasteiger partial charge in [-0.1, -0.05) is 20.3 Å². The van der Waals surface area contributed by atoms with Crippen molar-refractivity contribution in [3.63, 3.8) is 0 Å². The van der Waals surface area contributed by atoms with E-state index in [-0.39, 0.29) is 5.92 Å². The van der Waals surface area contributed by atoms with Gasteiger partial charge in [0, 0.05) is 11.5 Å². The predicted octanol–water partition coefficient (Wildman–Crippen LogP) is 3.75. The molecule has 0 spiro atoms. The summed E-state index contributed by atoms with van der Waals surface area (Å²) in [5.41, 5.74) is 2.51. The van der Waals surface area contributed by atoms with E-state index in [1.807, 2.05) is 19.9 Å². The first-order valence-electron chi connectivity index (χ1n) is 7.53. The molecule has 1 aromatic heterocycles. The average Bonchev–Trinajstić information content (AvgIpc) is 2.46. The van der Waals surface area contributed by atoms with Crippen LogP contribution in [-0.4, -0.2) is 16.0 Å². The Morgan fingerprint density at radius 1 is 1.21 bits per heavy atom. The highest BCUT2D eigenvalue weighted by molar-refractivity contribution is 5.98. The van der Waals surface area contributed by atoms with E-state index < -0.39 is 0 Å². The average molecular weight is 260 g/mol. The van der Waals surface area contributed by atoms with Gasteiger partial charge in [-0.2, -0.15) is 10.2 Å². The molecule has 19 heavy (non-hydrogen) atoms. The van der Waals surface area contributed by atoms with E-state index in [0.29, 0.717) is 5.78 Å². The zero-order chi connectivity index (χ0) is 13.8. The molecule has 0 saturated heterocycles. The molecule has 1 aromatic rings. The lowest BCUT2D eigenvalue weighted by Crippen LogP contribution is -2.23. The van der Waals surface area contributed by atoms with E-state index in [1.165, 1.54) is 19.3 Å². The lowest BCUT2D eigenvalue weighted by Gasteiger charge is -2.27. The molecule has 0 radical (unpaired) electrons. The Morgan fingerprint density at radius 2 is 1.89 bits per heavy atom. The van der Waals surface area contributed by atoms with E-state index >= 15 is 0 Å². The summed E-state index contributed by atoms with van der Waals surface area (Å²) in [5, 5.41) is 8.23. The molecule has 0 unspecified atom stereocenters. The van der Waals surface area contributed by atoms with Crippen molar-refractivity contribution in [3.8, 4) is 0 Å². The van der Waals surface area contributed by atoms with Gasteiger partial charge in [-0.3, -0.25) is 4.79 Å². The fourth-order valence-electron chi connectivity index (χ4n) is 3.04. The highest BCUT2D eigenvalue weighted by atomic mass is 16.1. The summed E-state index contributed by atoms with van der Waals surface area (Å²) in [6, 6.07) is 1.92. The summed E-state index contributed by atoms with van der Waals surface area (Å²) in [4.78, 5) is 12.7. The van der Waals surface area contributed by atoms with Crippen molar-refractivity contribution in [1.82, 2.24) is 10.2 Å². The maximum Gasteiger partial charge on any atom is 0.167 e. The maximum atomic E-state index is 12.7. The quantitative estimate of drug-likeness (QED) is 0.774. The molecular formula is C16H24N2O. The molecule has 104 valence electrons. The Hall–Kier alpha value is -1.25. The molecule has 3 nitrogen and oxygen atoms in total. The van der Waals surface area contributed by atoms with Crippen molar-refractivity contribution in [1.29, 1.82) is 0 Å². The molecule has 0 aromatic carbocycles. The minimum Gasteiger partial charge on any atom is -0.294 e. The van der Waals surface area contributed by atoms with E-state index in [9.17, 15) is 4.79 Å². The molecule has 0 bridgehead atoms. The monoisotopic (exact) mass is 260 g/mol. The fraction of sp³-hybridized carbons (Fsp3) is 0.688. The van der Waals surface area contributed by atoms with Crippen molar-refractivity contribution in [2.45, 2.75) is 59.3 Å². The number of nitrogens with zero attached hydrogens (tertiary/aromatic N) is 2. The van der Waals surface area contributed by atoms with Crippen LogP contribution in [0.4, 0.5) is 0 Å². The van der Waals surface area contributed by atoms with Gasteiger partial charge in [-0.25, -0.2) is 0 Å². The van der Waals surface area contributed by atoms with Crippen LogP contribution in [-0.2, 0) is 6.42 Å². The van der Waals surface area contributed by atoms with Gasteiger partial charge in [0.2, 0.25) is 0 Å². The van der Waals surface area contributed by atoms with E-state index in [4.69, 9.17) is 0 Å². The molecule has 1 aliphatic carbocycles. The number of hydrogen-bond acceptors (Lipinski definition) is 3. The summed E-state index contributed by atoms with van der Waals surface area (Å²) in [5.74, 6) is 1.33. The third-order valence-electron chi connectivity index (χ3n) is 4.39. The molecule has 0 amide bonds. The summed E-state index contributed by atoms with van der Waals surface area (Å²) in [6.07, 6.45) is 6.51. The summed E-state index contributed by atoms with van der Waals surface area (Å²) in [6.45, 7) is 6.18. The number of hydrogen-bond donors (Lipinski definition) is 0. The van der Waals surface area contributed by atoms with Crippen molar-refractivity contribution in [2.75, 3.05) is 0 Å². The van der Waals surface area contributed by atoms with Gasteiger partial charge in [0.05, 0.1) is 11.4 Å². The number of Topliss-reactive ketones (excluding diaryl/α,β-unsaturated/α-hetero) is 1. The predicted molar refractivity (Wildman–Crippen MR) is 76.2 cm³/mol. The molecule has 1 saturated carbocycles. The highest BCUT2D eigenvalue weighted by Crippen LogP contribution is 2.33. The Labute approximate surface area is 115 Å². The number of carbonyl (C=O) groups is 1. The van der Waals surface area contributed by atoms with Crippen LogP contribution in [0, 0.1) is 18.8 Å². The number of carbonyl (C=O) groups excluding carboxylic acids is 1. The van der Waals surface area contributed by atoms with E-state index in [0.717, 1.165) is 42.1 Å². The molecule has 1 fully saturated rings. The van der Waals surface area contributed by atoms with Crippen LogP contribution in [0.5, 0.6) is 0 Å². The van der Waals surface area contributed by atoms with Crippen LogP contribution >= 0.6 is 0 Å². The Balaban J connectivity index is 2.14. The first-order chi connectivity index (χ1) is 9.15. The first kappa shape index (κ1) is 14.2. The molecule has 3 heteroatoms. The second-order valence-corrected chi connectivity index (χ2v) is 5.69. The zero-order valence-corrected chi connectivity index (χ0v) is 12.3. The topological polar surface area (TPSA) is 42.9 Å². The third-order valence-corrected chi connectivity index (χ3v) is 4.39. The normalized spacial score (nSPS) is 23.3. The van der Waals surface area contributed by atoms with Gasteiger partial charge < -0.3 is 0 Å². The number of rotatable bonds is 4. The lowest BCUT2D eigenvalue weighted by atomic mass is 9.77. The highest BCUT2D eigenvalue weighted by Gasteiger charge is 2.27. The molecule has 0 aliphatic heterocycles. The van der Waals surface area contributed by atoms with E-state index in [2.05, 4.69) is 17.1 Å². The summed E-state index contributed by atoms with van der Waals surface area (Å²) in [7, 11) is 0. The third kappa shape index (κ3) is 3.20. The summed E-state index contributed by atoms with van der Waals surface area (Å²) >= 11 is 0. The van der Waals surface area contributed by atoms with Crippen LogP contribution in [0.3, 0.4) is 0 Å². The van der Waals surface area contributed by atoms with Crippen LogP contribution in [0.2, 0.25) is 0 Å². The van der Waals surface area contributed by atoms with Crippen LogP contribution in [0.25, 0.3) is 0 Å². The van der Waals surface area contributed by atoms with E-state index in [1.54, 1.807) is 0 Å². The van der Waals surface area contributed by atoms with Crippen LogP contribution < -0.4 is 0 Å². The molecule has 0 N–H and O–H groups in total. The lowest BCUT2D eigenvalue weighted by molar-refractivity contribution is 0.0869. The van der Waals surface area contributed by atoms with Gasteiger partial charge in [0.1, 0.15) is 0 Å². The molecular weight excluding hydrogens is 236 g/mol. The Kier molecular flexibility index (Phi) is 4.67. The van der Waals surface area contributed by atoms with Crippen molar-refractivity contribution < 1.29 is 4.79 Å². The van der Waals surface area contributed by atoms with Crippen LogP contribution in [0.15, 0.2) is 6.07 Å². The Morgan fingerprint density at radius 3 is 2.47 bits per heavy atom. The number of ketones is 1. The SMILES string of the molecule is CCc1nnc(C)cc1C(=O)C1CCC(CC)CC1. The zero-order valence-electron chi connectivity index (χ0n) is 12.3. The summed E-state index contributed by atoms with van der Waals surface area (Å²) < 4.78 is 0. The standard InChI is InChI=1S/C16H24N2O/c1-4-12-6-8-13(9-7-12)16(19)14-10-11(3)17-18-15(14)5-2/h10,12-13H,4-9H2,1-3H3. The Bertz CT molecular complexity index is 448. The largest absolute Gasteiger partial charge is 0.294 e. The van der Waals surface area contributed by atoms with Gasteiger partial charge >= 0.3 is 0 Å². The minimum absolute atomic E-state index is 0.205.